The molecule has 0 aliphatic rings. The minimum absolute atomic E-state index is 0.00385. The van der Waals surface area contributed by atoms with Crippen LogP contribution in [0.1, 0.15) is 31.4 Å². The zero-order chi connectivity index (χ0) is 21.7. The van der Waals surface area contributed by atoms with Crippen molar-refractivity contribution in [3.05, 3.63) is 82.9 Å². The van der Waals surface area contributed by atoms with Crippen LogP contribution in [0.15, 0.2) is 48.5 Å². The third-order valence-corrected chi connectivity index (χ3v) is 4.65. The van der Waals surface area contributed by atoms with Gasteiger partial charge in [0.2, 0.25) is 11.6 Å². The number of hydrogen-bond donors (Lipinski definition) is 0. The van der Waals surface area contributed by atoms with E-state index in [1.165, 1.54) is 24.3 Å². The fourth-order valence-electron chi connectivity index (χ4n) is 3.11. The van der Waals surface area contributed by atoms with Gasteiger partial charge in [0.05, 0.1) is 6.61 Å². The summed E-state index contributed by atoms with van der Waals surface area (Å²) in [5.74, 6) is -4.23. The lowest BCUT2D eigenvalue weighted by Gasteiger charge is -2.11. The van der Waals surface area contributed by atoms with Gasteiger partial charge in [-0.05, 0) is 48.2 Å². The second kappa shape index (κ2) is 9.65. The Bertz CT molecular complexity index is 1020. The zero-order valence-electron chi connectivity index (χ0n) is 16.8. The first-order valence-corrected chi connectivity index (χ1v) is 9.76. The largest absolute Gasteiger partial charge is 0.491 e. The summed E-state index contributed by atoms with van der Waals surface area (Å²) in [6, 6.07) is 12.3. The predicted molar refractivity (Wildman–Crippen MR) is 108 cm³/mol. The van der Waals surface area contributed by atoms with Crippen LogP contribution in [0, 0.1) is 23.3 Å². The number of hydrogen-bond acceptors (Lipinski definition) is 2. The first-order chi connectivity index (χ1) is 14.5. The van der Waals surface area contributed by atoms with Crippen molar-refractivity contribution in [1.82, 2.24) is 0 Å². The van der Waals surface area contributed by atoms with Gasteiger partial charge in [-0.3, -0.25) is 0 Å². The summed E-state index contributed by atoms with van der Waals surface area (Å²) in [6.07, 6.45) is 1.16. The van der Waals surface area contributed by atoms with E-state index in [1.54, 1.807) is 31.2 Å². The van der Waals surface area contributed by atoms with Gasteiger partial charge >= 0.3 is 0 Å². The fourth-order valence-corrected chi connectivity index (χ4v) is 3.11. The molecule has 0 saturated heterocycles. The van der Waals surface area contributed by atoms with Crippen LogP contribution >= 0.6 is 0 Å². The highest BCUT2D eigenvalue weighted by molar-refractivity contribution is 5.65. The van der Waals surface area contributed by atoms with Crippen LogP contribution in [0.2, 0.25) is 0 Å². The second-order valence-electron chi connectivity index (χ2n) is 6.76. The Balaban J connectivity index is 1.73. The molecule has 0 heterocycles. The van der Waals surface area contributed by atoms with E-state index in [9.17, 15) is 17.6 Å². The van der Waals surface area contributed by atoms with E-state index >= 15 is 0 Å². The topological polar surface area (TPSA) is 18.5 Å². The molecule has 0 amide bonds. The molecule has 0 spiro atoms. The van der Waals surface area contributed by atoms with Crippen molar-refractivity contribution < 1.29 is 27.0 Å². The lowest BCUT2D eigenvalue weighted by atomic mass is 10.0. The van der Waals surface area contributed by atoms with E-state index in [0.717, 1.165) is 0 Å². The lowest BCUT2D eigenvalue weighted by Crippen LogP contribution is -2.02. The summed E-state index contributed by atoms with van der Waals surface area (Å²) in [7, 11) is 0. The van der Waals surface area contributed by atoms with Gasteiger partial charge in [-0.1, -0.05) is 43.7 Å². The summed E-state index contributed by atoms with van der Waals surface area (Å²) in [6.45, 7) is 3.81. The van der Waals surface area contributed by atoms with Crippen molar-refractivity contribution in [3.63, 3.8) is 0 Å². The van der Waals surface area contributed by atoms with Crippen molar-refractivity contribution in [2.75, 3.05) is 6.61 Å². The van der Waals surface area contributed by atoms with E-state index in [1.807, 2.05) is 6.92 Å². The van der Waals surface area contributed by atoms with E-state index < -0.39 is 23.3 Å². The summed E-state index contributed by atoms with van der Waals surface area (Å²) < 4.78 is 67.1. The molecule has 2 nitrogen and oxygen atoms in total. The van der Waals surface area contributed by atoms with E-state index in [-0.39, 0.29) is 30.3 Å². The molecule has 158 valence electrons. The van der Waals surface area contributed by atoms with Gasteiger partial charge < -0.3 is 9.47 Å². The maximum absolute atomic E-state index is 14.4. The van der Waals surface area contributed by atoms with Crippen LogP contribution in [0.25, 0.3) is 11.1 Å². The molecule has 0 radical (unpaired) electrons. The predicted octanol–water partition coefficient (Wildman–Crippen LogP) is 6.84. The third-order valence-electron chi connectivity index (χ3n) is 4.65. The number of halogens is 4. The van der Waals surface area contributed by atoms with E-state index in [4.69, 9.17) is 9.47 Å². The van der Waals surface area contributed by atoms with Crippen LogP contribution in [-0.4, -0.2) is 6.61 Å². The normalized spacial score (nSPS) is 10.9. The maximum atomic E-state index is 14.4. The molecular formula is C24H22F4O2. The van der Waals surface area contributed by atoms with Crippen molar-refractivity contribution in [2.45, 2.75) is 33.3 Å². The molecule has 0 aliphatic carbocycles. The van der Waals surface area contributed by atoms with Gasteiger partial charge in [0, 0.05) is 5.56 Å². The molecule has 3 aromatic rings. The molecule has 6 heteroatoms. The van der Waals surface area contributed by atoms with Crippen molar-refractivity contribution in [1.29, 1.82) is 0 Å². The van der Waals surface area contributed by atoms with Gasteiger partial charge in [-0.2, -0.15) is 8.78 Å². The van der Waals surface area contributed by atoms with Gasteiger partial charge in [0.25, 0.3) is 0 Å². The molecule has 3 aromatic carbocycles. The first kappa shape index (κ1) is 21.7. The Hall–Kier alpha value is -3.02. The van der Waals surface area contributed by atoms with E-state index in [0.29, 0.717) is 29.5 Å². The molecule has 0 aliphatic heterocycles. The number of aryl methyl sites for hydroxylation is 1. The smallest absolute Gasteiger partial charge is 0.201 e. The van der Waals surface area contributed by atoms with Crippen molar-refractivity contribution in [3.8, 4) is 22.6 Å². The Morgan fingerprint density at radius 1 is 0.667 bits per heavy atom. The molecule has 30 heavy (non-hydrogen) atoms. The Labute approximate surface area is 173 Å². The molecule has 0 saturated carbocycles. The highest BCUT2D eigenvalue weighted by Gasteiger charge is 2.16. The Morgan fingerprint density at radius 3 is 1.97 bits per heavy atom. The SMILES string of the molecule is CCCc1ccc(OCc2ccc(-c3ccc(OCC)c(F)c3F)cc2)c(F)c1F. The van der Waals surface area contributed by atoms with Gasteiger partial charge in [0.15, 0.2) is 23.1 Å². The van der Waals surface area contributed by atoms with Crippen LogP contribution in [0.5, 0.6) is 11.5 Å². The third kappa shape index (κ3) is 4.58. The number of ether oxygens (including phenoxy) is 2. The Morgan fingerprint density at radius 2 is 1.30 bits per heavy atom. The molecule has 0 aromatic heterocycles. The van der Waals surface area contributed by atoms with Crippen LogP contribution in [0.3, 0.4) is 0 Å². The first-order valence-electron chi connectivity index (χ1n) is 9.76. The highest BCUT2D eigenvalue weighted by atomic mass is 19.2. The second-order valence-corrected chi connectivity index (χ2v) is 6.76. The Kier molecular flexibility index (Phi) is 6.98. The molecule has 0 unspecified atom stereocenters. The highest BCUT2D eigenvalue weighted by Crippen LogP contribution is 2.30. The summed E-state index contributed by atoms with van der Waals surface area (Å²) >= 11 is 0. The van der Waals surface area contributed by atoms with Crippen molar-refractivity contribution in [2.24, 2.45) is 0 Å². The summed E-state index contributed by atoms with van der Waals surface area (Å²) in [5, 5.41) is 0. The molecular weight excluding hydrogens is 396 g/mol. The van der Waals surface area contributed by atoms with Crippen LogP contribution in [-0.2, 0) is 13.0 Å². The molecule has 0 atom stereocenters. The zero-order valence-corrected chi connectivity index (χ0v) is 16.8. The summed E-state index contributed by atoms with van der Waals surface area (Å²) in [5.41, 5.74) is 1.56. The maximum Gasteiger partial charge on any atom is 0.201 e. The molecule has 0 fully saturated rings. The monoisotopic (exact) mass is 418 g/mol. The summed E-state index contributed by atoms with van der Waals surface area (Å²) in [4.78, 5) is 0. The molecule has 0 N–H and O–H groups in total. The van der Waals surface area contributed by atoms with Gasteiger partial charge in [-0.25, -0.2) is 8.78 Å². The van der Waals surface area contributed by atoms with Crippen molar-refractivity contribution >= 4 is 0 Å². The van der Waals surface area contributed by atoms with Crippen LogP contribution in [0.4, 0.5) is 17.6 Å². The average molecular weight is 418 g/mol. The fraction of sp³-hybridized carbons (Fsp3) is 0.250. The molecule has 3 rings (SSSR count). The quantitative estimate of drug-likeness (QED) is 0.373. The lowest BCUT2D eigenvalue weighted by molar-refractivity contribution is 0.284. The minimum Gasteiger partial charge on any atom is -0.491 e. The van der Waals surface area contributed by atoms with Gasteiger partial charge in [-0.15, -0.1) is 0 Å². The van der Waals surface area contributed by atoms with E-state index in [2.05, 4.69) is 0 Å². The standard InChI is InChI=1S/C24H22F4O2/c1-3-5-17-10-12-20(23(27)21(17)25)30-14-15-6-8-16(9-7-15)18-11-13-19(29-4-2)24(28)22(18)26/h6-13H,3-5,14H2,1-2H3. The van der Waals surface area contributed by atoms with Gasteiger partial charge in [0.1, 0.15) is 6.61 Å². The molecule has 0 bridgehead atoms. The number of rotatable bonds is 8. The minimum atomic E-state index is -1.04. The van der Waals surface area contributed by atoms with Crippen LogP contribution < -0.4 is 9.47 Å². The average Bonchev–Trinajstić information content (AvgIpc) is 2.75. The number of benzene rings is 3.